The summed E-state index contributed by atoms with van der Waals surface area (Å²) < 4.78 is 42.6. The van der Waals surface area contributed by atoms with E-state index in [0.29, 0.717) is 0 Å². The van der Waals surface area contributed by atoms with Gasteiger partial charge in [-0.2, -0.15) is 13.2 Å². The molecular weight excluding hydrogens is 297 g/mol. The summed E-state index contributed by atoms with van der Waals surface area (Å²) in [6.07, 6.45) is -4.59. The van der Waals surface area contributed by atoms with E-state index in [9.17, 15) is 22.8 Å². The SMILES string of the molecule is COC(=O)c1sc2ccc(C(F)(F)F)cc2c1C(=O)O. The van der Waals surface area contributed by atoms with E-state index in [0.717, 1.165) is 36.6 Å². The van der Waals surface area contributed by atoms with Crippen molar-refractivity contribution in [2.75, 3.05) is 7.11 Å². The first kappa shape index (κ1) is 14.3. The molecule has 1 N–H and O–H groups in total. The van der Waals surface area contributed by atoms with Gasteiger partial charge in [0.25, 0.3) is 0 Å². The molecular formula is C12H7F3O4S. The Morgan fingerprint density at radius 3 is 2.45 bits per heavy atom. The number of thiophene rings is 1. The van der Waals surface area contributed by atoms with Crippen LogP contribution in [0, 0.1) is 0 Å². The van der Waals surface area contributed by atoms with E-state index in [4.69, 9.17) is 5.11 Å². The van der Waals surface area contributed by atoms with Crippen molar-refractivity contribution < 1.29 is 32.6 Å². The van der Waals surface area contributed by atoms with Crippen molar-refractivity contribution in [2.45, 2.75) is 6.18 Å². The monoisotopic (exact) mass is 304 g/mol. The van der Waals surface area contributed by atoms with Crippen LogP contribution in [0.5, 0.6) is 0 Å². The van der Waals surface area contributed by atoms with Gasteiger partial charge in [-0.25, -0.2) is 9.59 Å². The molecule has 0 bridgehead atoms. The van der Waals surface area contributed by atoms with Gasteiger partial charge in [0.15, 0.2) is 0 Å². The van der Waals surface area contributed by atoms with Crippen LogP contribution in [0.2, 0.25) is 0 Å². The standard InChI is InChI=1S/C12H7F3O4S/c1-19-11(18)9-8(10(16)17)6-4-5(12(13,14)15)2-3-7(6)20-9/h2-4H,1H3,(H,16,17). The Labute approximate surface area is 114 Å². The molecule has 0 amide bonds. The average Bonchev–Trinajstić information content (AvgIpc) is 2.74. The summed E-state index contributed by atoms with van der Waals surface area (Å²) >= 11 is 0.782. The maximum atomic E-state index is 12.6. The lowest BCUT2D eigenvalue weighted by Gasteiger charge is -2.06. The van der Waals surface area contributed by atoms with Gasteiger partial charge in [-0.3, -0.25) is 0 Å². The van der Waals surface area contributed by atoms with E-state index in [1.165, 1.54) is 0 Å². The number of carboxylic acid groups (broad SMARTS) is 1. The number of carbonyl (C=O) groups excluding carboxylic acids is 1. The number of hydrogen-bond donors (Lipinski definition) is 1. The predicted octanol–water partition coefficient (Wildman–Crippen LogP) is 3.40. The Hall–Kier alpha value is -2.09. The summed E-state index contributed by atoms with van der Waals surface area (Å²) in [5, 5.41) is 8.98. The molecule has 1 heterocycles. The third-order valence-corrected chi connectivity index (χ3v) is 3.75. The minimum Gasteiger partial charge on any atom is -0.478 e. The lowest BCUT2D eigenvalue weighted by atomic mass is 10.1. The van der Waals surface area contributed by atoms with Gasteiger partial charge in [0.05, 0.1) is 18.2 Å². The fourth-order valence-electron chi connectivity index (χ4n) is 1.72. The molecule has 0 spiro atoms. The Kier molecular flexibility index (Phi) is 3.43. The van der Waals surface area contributed by atoms with Crippen LogP contribution in [0.15, 0.2) is 18.2 Å². The van der Waals surface area contributed by atoms with Gasteiger partial charge in [0.1, 0.15) is 4.88 Å². The van der Waals surface area contributed by atoms with Gasteiger partial charge in [0.2, 0.25) is 0 Å². The first-order chi connectivity index (χ1) is 9.25. The molecule has 2 aromatic rings. The van der Waals surface area contributed by atoms with Gasteiger partial charge in [-0.15, -0.1) is 11.3 Å². The van der Waals surface area contributed by atoms with Gasteiger partial charge >= 0.3 is 18.1 Å². The molecule has 4 nitrogen and oxygen atoms in total. The lowest BCUT2D eigenvalue weighted by molar-refractivity contribution is -0.137. The number of methoxy groups -OCH3 is 1. The van der Waals surface area contributed by atoms with Crippen molar-refractivity contribution in [1.29, 1.82) is 0 Å². The molecule has 0 fully saturated rings. The first-order valence-electron chi connectivity index (χ1n) is 5.21. The summed E-state index contributed by atoms with van der Waals surface area (Å²) in [4.78, 5) is 22.5. The molecule has 0 aliphatic rings. The van der Waals surface area contributed by atoms with Crippen LogP contribution in [-0.4, -0.2) is 24.2 Å². The van der Waals surface area contributed by atoms with Crippen molar-refractivity contribution in [3.05, 3.63) is 34.2 Å². The predicted molar refractivity (Wildman–Crippen MR) is 65.1 cm³/mol. The number of hydrogen-bond acceptors (Lipinski definition) is 4. The summed E-state index contributed by atoms with van der Waals surface area (Å²) in [5.41, 5.74) is -1.44. The molecule has 2 rings (SSSR count). The van der Waals surface area contributed by atoms with Crippen molar-refractivity contribution in [2.24, 2.45) is 0 Å². The summed E-state index contributed by atoms with van der Waals surface area (Å²) in [5.74, 6) is -2.37. The van der Waals surface area contributed by atoms with Crippen molar-refractivity contribution >= 4 is 33.4 Å². The molecule has 1 aromatic heterocycles. The quantitative estimate of drug-likeness (QED) is 0.864. The second kappa shape index (κ2) is 4.78. The number of ether oxygens (including phenoxy) is 1. The zero-order chi connectivity index (χ0) is 15.1. The molecule has 1 aromatic carbocycles. The number of rotatable bonds is 2. The first-order valence-corrected chi connectivity index (χ1v) is 6.02. The number of carboxylic acids is 1. The normalized spacial score (nSPS) is 11.6. The zero-order valence-electron chi connectivity index (χ0n) is 9.95. The smallest absolute Gasteiger partial charge is 0.416 e. The molecule has 20 heavy (non-hydrogen) atoms. The third kappa shape index (κ3) is 2.34. The second-order valence-corrected chi connectivity index (χ2v) is 4.86. The number of alkyl halides is 3. The molecule has 0 saturated heterocycles. The number of esters is 1. The van der Waals surface area contributed by atoms with E-state index < -0.39 is 29.2 Å². The van der Waals surface area contributed by atoms with E-state index in [2.05, 4.69) is 4.74 Å². The molecule has 0 atom stereocenters. The maximum absolute atomic E-state index is 12.6. The average molecular weight is 304 g/mol. The summed E-state index contributed by atoms with van der Waals surface area (Å²) in [6.45, 7) is 0. The van der Waals surface area contributed by atoms with Crippen LogP contribution < -0.4 is 0 Å². The molecule has 8 heteroatoms. The van der Waals surface area contributed by atoms with E-state index in [-0.39, 0.29) is 15.0 Å². The van der Waals surface area contributed by atoms with Gasteiger partial charge < -0.3 is 9.84 Å². The summed E-state index contributed by atoms with van der Waals surface area (Å²) in [6, 6.07) is 2.70. The number of fused-ring (bicyclic) bond motifs is 1. The third-order valence-electron chi connectivity index (χ3n) is 2.60. The number of benzene rings is 1. The number of aromatic carboxylic acids is 1. The Bertz CT molecular complexity index is 703. The number of carbonyl (C=O) groups is 2. The Balaban J connectivity index is 2.77. The highest BCUT2D eigenvalue weighted by Crippen LogP contribution is 2.37. The van der Waals surface area contributed by atoms with E-state index in [1.54, 1.807) is 0 Å². The van der Waals surface area contributed by atoms with Crippen molar-refractivity contribution in [1.82, 2.24) is 0 Å². The van der Waals surface area contributed by atoms with Gasteiger partial charge in [-0.05, 0) is 18.2 Å². The topological polar surface area (TPSA) is 63.6 Å². The Morgan fingerprint density at radius 2 is 1.95 bits per heavy atom. The van der Waals surface area contributed by atoms with Crippen LogP contribution in [0.3, 0.4) is 0 Å². The molecule has 0 saturated carbocycles. The van der Waals surface area contributed by atoms with Crippen molar-refractivity contribution in [3.8, 4) is 0 Å². The van der Waals surface area contributed by atoms with Crippen molar-refractivity contribution in [3.63, 3.8) is 0 Å². The minimum absolute atomic E-state index is 0.127. The highest BCUT2D eigenvalue weighted by Gasteiger charge is 2.32. The maximum Gasteiger partial charge on any atom is 0.416 e. The van der Waals surface area contributed by atoms with Gasteiger partial charge in [-0.1, -0.05) is 0 Å². The van der Waals surface area contributed by atoms with E-state index >= 15 is 0 Å². The molecule has 106 valence electrons. The fourth-order valence-corrected chi connectivity index (χ4v) is 2.82. The fraction of sp³-hybridized carbons (Fsp3) is 0.167. The Morgan fingerprint density at radius 1 is 1.30 bits per heavy atom. The lowest BCUT2D eigenvalue weighted by Crippen LogP contribution is -2.07. The van der Waals surface area contributed by atoms with Crippen LogP contribution in [0.25, 0.3) is 10.1 Å². The van der Waals surface area contributed by atoms with Crippen LogP contribution in [0.1, 0.15) is 25.6 Å². The van der Waals surface area contributed by atoms with Crippen LogP contribution in [-0.2, 0) is 10.9 Å². The highest BCUT2D eigenvalue weighted by atomic mass is 32.1. The summed E-state index contributed by atoms with van der Waals surface area (Å²) in [7, 11) is 1.07. The second-order valence-electron chi connectivity index (χ2n) is 3.81. The van der Waals surface area contributed by atoms with Gasteiger partial charge in [0, 0.05) is 10.1 Å². The minimum atomic E-state index is -4.59. The largest absolute Gasteiger partial charge is 0.478 e. The zero-order valence-corrected chi connectivity index (χ0v) is 10.8. The molecule has 0 unspecified atom stereocenters. The molecule has 0 aliphatic heterocycles. The molecule has 0 radical (unpaired) electrons. The van der Waals surface area contributed by atoms with Crippen LogP contribution >= 0.6 is 11.3 Å². The van der Waals surface area contributed by atoms with Crippen LogP contribution in [0.4, 0.5) is 13.2 Å². The van der Waals surface area contributed by atoms with E-state index in [1.807, 2.05) is 0 Å². The molecule has 0 aliphatic carbocycles. The highest BCUT2D eigenvalue weighted by molar-refractivity contribution is 7.21. The number of halogens is 3.